The summed E-state index contributed by atoms with van der Waals surface area (Å²) < 4.78 is 13.5. The van der Waals surface area contributed by atoms with E-state index in [0.29, 0.717) is 18.7 Å². The third-order valence-corrected chi connectivity index (χ3v) is 3.39. The normalized spacial score (nSPS) is 10.6. The first-order valence-electron chi connectivity index (χ1n) is 6.87. The predicted molar refractivity (Wildman–Crippen MR) is 81.8 cm³/mol. The van der Waals surface area contributed by atoms with Crippen molar-refractivity contribution in [2.75, 3.05) is 12.3 Å². The molecule has 0 aromatic heterocycles. The van der Waals surface area contributed by atoms with Gasteiger partial charge in [-0.1, -0.05) is 25.1 Å². The number of nitrogens with two attached hydrogens (primary N) is 1. The van der Waals surface area contributed by atoms with Crippen molar-refractivity contribution in [2.45, 2.75) is 20.0 Å². The minimum Gasteiger partial charge on any atom is -0.398 e. The van der Waals surface area contributed by atoms with Gasteiger partial charge in [-0.2, -0.15) is 5.26 Å². The van der Waals surface area contributed by atoms with Crippen LogP contribution in [0.2, 0.25) is 0 Å². The lowest BCUT2D eigenvalue weighted by Crippen LogP contribution is -2.23. The van der Waals surface area contributed by atoms with Gasteiger partial charge in [-0.25, -0.2) is 4.39 Å². The van der Waals surface area contributed by atoms with Gasteiger partial charge in [-0.05, 0) is 41.9 Å². The summed E-state index contributed by atoms with van der Waals surface area (Å²) in [5.41, 5.74) is 8.91. The highest BCUT2D eigenvalue weighted by molar-refractivity contribution is 5.46. The Labute approximate surface area is 124 Å². The highest BCUT2D eigenvalue weighted by Crippen LogP contribution is 2.16. The lowest BCUT2D eigenvalue weighted by molar-refractivity contribution is 0.271. The minimum absolute atomic E-state index is 0.347. The molecule has 2 aromatic rings. The number of nitrogens with zero attached hydrogens (tertiary/aromatic N) is 2. The van der Waals surface area contributed by atoms with Crippen molar-refractivity contribution in [2.24, 2.45) is 0 Å². The van der Waals surface area contributed by atoms with Gasteiger partial charge in [-0.3, -0.25) is 4.90 Å². The van der Waals surface area contributed by atoms with Crippen molar-refractivity contribution in [3.63, 3.8) is 0 Å². The Morgan fingerprint density at radius 3 is 2.62 bits per heavy atom. The molecule has 0 aliphatic heterocycles. The van der Waals surface area contributed by atoms with Crippen LogP contribution in [0.5, 0.6) is 0 Å². The van der Waals surface area contributed by atoms with Crippen LogP contribution in [0.4, 0.5) is 10.1 Å². The molecule has 0 aliphatic rings. The number of hydrogen-bond donors (Lipinski definition) is 1. The molecule has 108 valence electrons. The first-order valence-corrected chi connectivity index (χ1v) is 6.87. The molecular weight excluding hydrogens is 265 g/mol. The van der Waals surface area contributed by atoms with Crippen LogP contribution < -0.4 is 5.73 Å². The van der Waals surface area contributed by atoms with Gasteiger partial charge in [0.2, 0.25) is 0 Å². The van der Waals surface area contributed by atoms with E-state index in [1.165, 1.54) is 12.1 Å². The zero-order valence-electron chi connectivity index (χ0n) is 12.0. The van der Waals surface area contributed by atoms with Gasteiger partial charge < -0.3 is 5.73 Å². The van der Waals surface area contributed by atoms with Gasteiger partial charge in [0.05, 0.1) is 11.6 Å². The summed E-state index contributed by atoms with van der Waals surface area (Å²) in [7, 11) is 0. The largest absolute Gasteiger partial charge is 0.398 e. The molecule has 2 rings (SSSR count). The maximum absolute atomic E-state index is 13.5. The smallest absolute Gasteiger partial charge is 0.124 e. The molecule has 0 radical (unpaired) electrons. The molecule has 0 saturated heterocycles. The molecule has 0 bridgehead atoms. The van der Waals surface area contributed by atoms with E-state index in [4.69, 9.17) is 11.0 Å². The van der Waals surface area contributed by atoms with E-state index in [9.17, 15) is 4.39 Å². The molecule has 0 atom stereocenters. The van der Waals surface area contributed by atoms with Crippen LogP contribution in [-0.4, -0.2) is 11.4 Å². The first kappa shape index (κ1) is 15.0. The fourth-order valence-electron chi connectivity index (χ4n) is 2.26. The molecule has 0 unspecified atom stereocenters. The van der Waals surface area contributed by atoms with Gasteiger partial charge in [0.1, 0.15) is 5.82 Å². The maximum Gasteiger partial charge on any atom is 0.124 e. The summed E-state index contributed by atoms with van der Waals surface area (Å²) in [6, 6.07) is 14.1. The molecule has 0 fully saturated rings. The van der Waals surface area contributed by atoms with Crippen LogP contribution >= 0.6 is 0 Å². The minimum atomic E-state index is -0.376. The summed E-state index contributed by atoms with van der Waals surface area (Å²) in [5, 5.41) is 8.90. The van der Waals surface area contributed by atoms with Crippen molar-refractivity contribution < 1.29 is 4.39 Å². The molecule has 0 heterocycles. The van der Waals surface area contributed by atoms with Gasteiger partial charge in [0, 0.05) is 18.8 Å². The Balaban J connectivity index is 2.15. The quantitative estimate of drug-likeness (QED) is 0.857. The Bertz CT molecular complexity index is 661. The highest BCUT2D eigenvalue weighted by Gasteiger charge is 2.09. The molecule has 21 heavy (non-hydrogen) atoms. The molecule has 4 heteroatoms. The molecule has 3 nitrogen and oxygen atoms in total. The third-order valence-electron chi connectivity index (χ3n) is 3.39. The number of hydrogen-bond acceptors (Lipinski definition) is 3. The van der Waals surface area contributed by atoms with Crippen LogP contribution in [0, 0.1) is 17.1 Å². The van der Waals surface area contributed by atoms with Gasteiger partial charge in [0.25, 0.3) is 0 Å². The van der Waals surface area contributed by atoms with E-state index in [2.05, 4.69) is 4.90 Å². The molecule has 0 amide bonds. The van der Waals surface area contributed by atoms with Crippen LogP contribution in [0.15, 0.2) is 42.5 Å². The SMILES string of the molecule is CCN(Cc1cc(F)cc(C#N)c1)Cc1ccccc1N. The summed E-state index contributed by atoms with van der Waals surface area (Å²) in [4.78, 5) is 2.15. The summed E-state index contributed by atoms with van der Waals surface area (Å²) in [6.45, 7) is 4.13. The zero-order valence-corrected chi connectivity index (χ0v) is 12.0. The van der Waals surface area contributed by atoms with E-state index < -0.39 is 0 Å². The zero-order chi connectivity index (χ0) is 15.2. The fraction of sp³-hybridized carbons (Fsp3) is 0.235. The van der Waals surface area contributed by atoms with Gasteiger partial charge >= 0.3 is 0 Å². The fourth-order valence-corrected chi connectivity index (χ4v) is 2.26. The van der Waals surface area contributed by atoms with Gasteiger partial charge in [0.15, 0.2) is 0 Å². The molecule has 2 N–H and O–H groups in total. The van der Waals surface area contributed by atoms with Gasteiger partial charge in [-0.15, -0.1) is 0 Å². The predicted octanol–water partition coefficient (Wildman–Crippen LogP) is 3.30. The lowest BCUT2D eigenvalue weighted by Gasteiger charge is -2.21. The van der Waals surface area contributed by atoms with Crippen LogP contribution in [0.1, 0.15) is 23.6 Å². The van der Waals surface area contributed by atoms with Crippen LogP contribution in [0.3, 0.4) is 0 Å². The monoisotopic (exact) mass is 283 g/mol. The third kappa shape index (κ3) is 4.04. The van der Waals surface area contributed by atoms with E-state index in [0.717, 1.165) is 23.4 Å². The summed E-state index contributed by atoms with van der Waals surface area (Å²) in [6.07, 6.45) is 0. The first-order chi connectivity index (χ1) is 10.1. The van der Waals surface area contributed by atoms with E-state index in [-0.39, 0.29) is 5.82 Å². The Morgan fingerprint density at radius 1 is 1.19 bits per heavy atom. The second-order valence-electron chi connectivity index (χ2n) is 4.96. The number of para-hydroxylation sites is 1. The van der Waals surface area contributed by atoms with Crippen molar-refractivity contribution in [3.8, 4) is 6.07 Å². The molecule has 0 aliphatic carbocycles. The molecular formula is C17H18FN3. The standard InChI is InChI=1S/C17H18FN3/c1-2-21(12-15-5-3-4-6-17(15)20)11-14-7-13(10-19)8-16(18)9-14/h3-9H,2,11-12,20H2,1H3. The summed E-state index contributed by atoms with van der Waals surface area (Å²) >= 11 is 0. The number of benzene rings is 2. The van der Waals surface area contributed by atoms with E-state index in [1.54, 1.807) is 6.07 Å². The van der Waals surface area contributed by atoms with Crippen molar-refractivity contribution in [1.29, 1.82) is 5.26 Å². The van der Waals surface area contributed by atoms with Crippen LogP contribution in [0.25, 0.3) is 0 Å². The summed E-state index contributed by atoms with van der Waals surface area (Å²) in [5.74, 6) is -0.376. The number of anilines is 1. The average Bonchev–Trinajstić information content (AvgIpc) is 2.48. The molecule has 0 saturated carbocycles. The second-order valence-corrected chi connectivity index (χ2v) is 4.96. The maximum atomic E-state index is 13.5. The Hall–Kier alpha value is -2.38. The average molecular weight is 283 g/mol. The Kier molecular flexibility index (Phi) is 4.91. The topological polar surface area (TPSA) is 53.0 Å². The van der Waals surface area contributed by atoms with E-state index >= 15 is 0 Å². The highest BCUT2D eigenvalue weighted by atomic mass is 19.1. The Morgan fingerprint density at radius 2 is 1.95 bits per heavy atom. The van der Waals surface area contributed by atoms with Crippen molar-refractivity contribution in [1.82, 2.24) is 4.90 Å². The molecule has 2 aromatic carbocycles. The number of nitrogen functional groups attached to an aromatic ring is 1. The van der Waals surface area contributed by atoms with Crippen LogP contribution in [-0.2, 0) is 13.1 Å². The number of nitriles is 1. The van der Waals surface area contributed by atoms with Crippen molar-refractivity contribution >= 4 is 5.69 Å². The number of rotatable bonds is 5. The van der Waals surface area contributed by atoms with E-state index in [1.807, 2.05) is 37.3 Å². The second kappa shape index (κ2) is 6.87. The molecule has 0 spiro atoms. The van der Waals surface area contributed by atoms with Crippen molar-refractivity contribution in [3.05, 3.63) is 65.0 Å². The number of halogens is 1. The lowest BCUT2D eigenvalue weighted by atomic mass is 10.1.